The van der Waals surface area contributed by atoms with Crippen LogP contribution in [0.3, 0.4) is 0 Å². The first-order valence-electron chi connectivity index (χ1n) is 8.53. The summed E-state index contributed by atoms with van der Waals surface area (Å²) in [6.45, 7) is 0.334. The fourth-order valence-corrected chi connectivity index (χ4v) is 4.05. The van der Waals surface area contributed by atoms with Gasteiger partial charge in [-0.05, 0) is 60.2 Å². The van der Waals surface area contributed by atoms with Crippen LogP contribution in [0.4, 0.5) is 5.69 Å². The number of benzene rings is 2. The first-order valence-corrected chi connectivity index (χ1v) is 9.29. The van der Waals surface area contributed by atoms with E-state index in [2.05, 4.69) is 11.4 Å². The number of anilines is 1. The van der Waals surface area contributed by atoms with E-state index in [9.17, 15) is 9.59 Å². The number of carbonyl (C=O) groups excluding carboxylic acids is 1. The third-order valence-electron chi connectivity index (χ3n) is 4.83. The number of halogens is 2. The molecular formula is C20H16Cl2N2O3. The molecule has 0 saturated carbocycles. The van der Waals surface area contributed by atoms with Crippen molar-refractivity contribution in [1.82, 2.24) is 0 Å². The lowest BCUT2D eigenvalue weighted by molar-refractivity contribution is 0.100. The standard InChI is InChI=1S/C20H16Cl2N2O3/c21-15-8-16(22)17(7-14(15)20(23)26)24-9-12-6-19(25)27-18-5-11-3-1-2-10(11)4-13(12)18/h4-8,24H,1-3,9H2,(H2,23,26). The number of fused-ring (bicyclic) bond motifs is 2. The normalized spacial score (nSPS) is 13.0. The Bertz CT molecular complexity index is 1140. The average Bonchev–Trinajstić information content (AvgIpc) is 3.06. The van der Waals surface area contributed by atoms with E-state index in [0.717, 1.165) is 30.2 Å². The van der Waals surface area contributed by atoms with Crippen LogP contribution in [-0.2, 0) is 19.4 Å². The molecule has 0 saturated heterocycles. The number of amides is 1. The lowest BCUT2D eigenvalue weighted by atomic mass is 10.0. The van der Waals surface area contributed by atoms with Crippen LogP contribution in [0.15, 0.2) is 39.5 Å². The molecule has 0 aliphatic heterocycles. The van der Waals surface area contributed by atoms with E-state index in [1.165, 1.54) is 29.3 Å². The summed E-state index contributed by atoms with van der Waals surface area (Å²) < 4.78 is 5.38. The van der Waals surface area contributed by atoms with Gasteiger partial charge >= 0.3 is 5.63 Å². The molecule has 0 atom stereocenters. The number of primary amides is 1. The molecule has 5 nitrogen and oxygen atoms in total. The van der Waals surface area contributed by atoms with Crippen LogP contribution >= 0.6 is 23.2 Å². The van der Waals surface area contributed by atoms with Gasteiger partial charge in [-0.15, -0.1) is 0 Å². The largest absolute Gasteiger partial charge is 0.423 e. The molecule has 1 amide bonds. The van der Waals surface area contributed by atoms with Crippen molar-refractivity contribution in [3.8, 4) is 0 Å². The molecule has 3 aromatic rings. The van der Waals surface area contributed by atoms with E-state index in [1.54, 1.807) is 0 Å². The minimum Gasteiger partial charge on any atom is -0.423 e. The van der Waals surface area contributed by atoms with Crippen molar-refractivity contribution in [2.75, 3.05) is 5.32 Å². The molecule has 1 heterocycles. The second-order valence-corrected chi connectivity index (χ2v) is 7.41. The molecule has 0 spiro atoms. The van der Waals surface area contributed by atoms with E-state index in [4.69, 9.17) is 33.4 Å². The van der Waals surface area contributed by atoms with Gasteiger partial charge in [0.25, 0.3) is 0 Å². The van der Waals surface area contributed by atoms with E-state index < -0.39 is 11.5 Å². The van der Waals surface area contributed by atoms with Gasteiger partial charge in [-0.3, -0.25) is 4.79 Å². The molecule has 4 rings (SSSR count). The maximum atomic E-state index is 12.0. The van der Waals surface area contributed by atoms with E-state index in [1.807, 2.05) is 6.07 Å². The quantitative estimate of drug-likeness (QED) is 0.636. The number of rotatable bonds is 4. The topological polar surface area (TPSA) is 85.3 Å². The minimum atomic E-state index is -0.638. The Hall–Kier alpha value is -2.50. The zero-order valence-electron chi connectivity index (χ0n) is 14.3. The fraction of sp³-hybridized carbons (Fsp3) is 0.200. The molecule has 7 heteroatoms. The molecule has 0 fully saturated rings. The third-order valence-corrected chi connectivity index (χ3v) is 5.46. The number of nitrogens with one attached hydrogen (secondary N) is 1. The summed E-state index contributed by atoms with van der Waals surface area (Å²) in [5.74, 6) is -0.638. The van der Waals surface area contributed by atoms with Gasteiger partial charge in [0.2, 0.25) is 5.91 Å². The van der Waals surface area contributed by atoms with E-state index in [0.29, 0.717) is 22.8 Å². The highest BCUT2D eigenvalue weighted by molar-refractivity contribution is 6.38. The van der Waals surface area contributed by atoms with Crippen molar-refractivity contribution in [2.24, 2.45) is 5.73 Å². The summed E-state index contributed by atoms with van der Waals surface area (Å²) >= 11 is 12.2. The molecule has 0 radical (unpaired) electrons. The van der Waals surface area contributed by atoms with Crippen molar-refractivity contribution >= 4 is 45.8 Å². The third kappa shape index (κ3) is 3.40. The molecule has 2 aromatic carbocycles. The Balaban J connectivity index is 1.71. The Kier molecular flexibility index (Phi) is 4.58. The van der Waals surface area contributed by atoms with Crippen LogP contribution < -0.4 is 16.7 Å². The number of nitrogens with two attached hydrogens (primary N) is 1. The number of carbonyl (C=O) groups is 1. The van der Waals surface area contributed by atoms with E-state index in [-0.39, 0.29) is 10.6 Å². The van der Waals surface area contributed by atoms with Crippen LogP contribution in [-0.4, -0.2) is 5.91 Å². The summed E-state index contributed by atoms with van der Waals surface area (Å²) in [5, 5.41) is 4.60. The van der Waals surface area contributed by atoms with Gasteiger partial charge in [-0.25, -0.2) is 4.79 Å². The predicted octanol–water partition coefficient (Wildman–Crippen LogP) is 4.30. The Morgan fingerprint density at radius 1 is 1.07 bits per heavy atom. The highest BCUT2D eigenvalue weighted by Crippen LogP contribution is 2.31. The Morgan fingerprint density at radius 2 is 1.81 bits per heavy atom. The Morgan fingerprint density at radius 3 is 2.56 bits per heavy atom. The summed E-state index contributed by atoms with van der Waals surface area (Å²) in [6, 6.07) is 8.50. The van der Waals surface area contributed by atoms with Crippen molar-refractivity contribution in [3.63, 3.8) is 0 Å². The number of hydrogen-bond acceptors (Lipinski definition) is 4. The summed E-state index contributed by atoms with van der Waals surface area (Å²) in [7, 11) is 0. The lowest BCUT2D eigenvalue weighted by Gasteiger charge is -2.13. The first kappa shape index (κ1) is 17.9. The molecule has 3 N–H and O–H groups in total. The number of hydrogen-bond donors (Lipinski definition) is 2. The van der Waals surface area contributed by atoms with Gasteiger partial charge in [0.05, 0.1) is 21.3 Å². The summed E-state index contributed by atoms with van der Waals surface area (Å²) in [5.41, 5.74) is 9.53. The van der Waals surface area contributed by atoms with Crippen LogP contribution in [0.2, 0.25) is 10.0 Å². The highest BCUT2D eigenvalue weighted by Gasteiger charge is 2.16. The SMILES string of the molecule is NC(=O)c1cc(NCc2cc(=O)oc3cc4c(cc23)CCC4)c(Cl)cc1Cl. The summed E-state index contributed by atoms with van der Waals surface area (Å²) in [4.78, 5) is 23.5. The van der Waals surface area contributed by atoms with Gasteiger partial charge in [-0.2, -0.15) is 0 Å². The molecule has 1 aliphatic carbocycles. The second-order valence-electron chi connectivity index (χ2n) is 6.59. The average molecular weight is 403 g/mol. The van der Waals surface area contributed by atoms with Crippen LogP contribution in [0, 0.1) is 0 Å². The molecule has 1 aliphatic rings. The zero-order valence-corrected chi connectivity index (χ0v) is 15.8. The smallest absolute Gasteiger partial charge is 0.336 e. The first-order chi connectivity index (χ1) is 12.9. The molecule has 138 valence electrons. The van der Waals surface area contributed by atoms with Crippen molar-refractivity contribution in [3.05, 3.63) is 73.1 Å². The molecule has 0 unspecified atom stereocenters. The molecular weight excluding hydrogens is 387 g/mol. The van der Waals surface area contributed by atoms with Crippen molar-refractivity contribution in [2.45, 2.75) is 25.8 Å². The van der Waals surface area contributed by atoms with Crippen LogP contribution in [0.5, 0.6) is 0 Å². The maximum absolute atomic E-state index is 12.0. The predicted molar refractivity (Wildman–Crippen MR) is 107 cm³/mol. The molecule has 27 heavy (non-hydrogen) atoms. The minimum absolute atomic E-state index is 0.179. The number of aryl methyl sites for hydroxylation is 2. The molecule has 1 aromatic heterocycles. The van der Waals surface area contributed by atoms with Gasteiger partial charge in [-0.1, -0.05) is 23.2 Å². The van der Waals surface area contributed by atoms with Gasteiger partial charge in [0, 0.05) is 18.0 Å². The second kappa shape index (κ2) is 6.91. The van der Waals surface area contributed by atoms with Crippen LogP contribution in [0.25, 0.3) is 11.0 Å². The zero-order chi connectivity index (χ0) is 19.1. The van der Waals surface area contributed by atoms with E-state index >= 15 is 0 Å². The van der Waals surface area contributed by atoms with Crippen molar-refractivity contribution < 1.29 is 9.21 Å². The maximum Gasteiger partial charge on any atom is 0.336 e. The van der Waals surface area contributed by atoms with Gasteiger partial charge in [0.1, 0.15) is 5.58 Å². The monoisotopic (exact) mass is 402 g/mol. The van der Waals surface area contributed by atoms with Crippen molar-refractivity contribution in [1.29, 1.82) is 0 Å². The van der Waals surface area contributed by atoms with Gasteiger partial charge in [0.15, 0.2) is 0 Å². The Labute approximate surface area is 165 Å². The van der Waals surface area contributed by atoms with Gasteiger partial charge < -0.3 is 15.5 Å². The fourth-order valence-electron chi connectivity index (χ4n) is 3.50. The van der Waals surface area contributed by atoms with Crippen LogP contribution in [0.1, 0.15) is 33.5 Å². The highest BCUT2D eigenvalue weighted by atomic mass is 35.5. The lowest BCUT2D eigenvalue weighted by Crippen LogP contribution is -2.13. The summed E-state index contributed by atoms with van der Waals surface area (Å²) in [6.07, 6.45) is 3.15. The molecule has 0 bridgehead atoms.